The molecule has 0 spiro atoms. The maximum Gasteiger partial charge on any atom is 0.220 e. The molecular weight excluding hydrogens is 830 g/mol. The third kappa shape index (κ3) is 17.9. The Morgan fingerprint density at radius 2 is 0.984 bits per heavy atom. The van der Waals surface area contributed by atoms with Gasteiger partial charge in [-0.15, -0.1) is 0 Å². The average Bonchev–Trinajstić information content (AvgIpc) is 3.28. The van der Waals surface area contributed by atoms with E-state index in [9.17, 15) is 61.0 Å². The summed E-state index contributed by atoms with van der Waals surface area (Å²) >= 11 is 0. The summed E-state index contributed by atoms with van der Waals surface area (Å²) in [5.74, 6) is -0.286. The molecule has 17 unspecified atom stereocenters. The molecular formula is C44H81NO18. The van der Waals surface area contributed by atoms with Crippen LogP contribution in [0.2, 0.25) is 0 Å². The maximum absolute atomic E-state index is 13.0. The molecule has 17 atom stereocenters. The predicted octanol–water partition coefficient (Wildman–Crippen LogP) is -0.0852. The molecule has 3 aliphatic rings. The number of aliphatic hydroxyl groups excluding tert-OH is 11. The fourth-order valence-electron chi connectivity index (χ4n) is 8.06. The molecule has 0 saturated carbocycles. The molecule has 3 rings (SSSR count). The minimum atomic E-state index is -1.97. The number of rotatable bonds is 31. The molecule has 3 aliphatic heterocycles. The summed E-state index contributed by atoms with van der Waals surface area (Å²) in [6.45, 7) is 1.50. The zero-order valence-corrected chi connectivity index (χ0v) is 37.3. The Morgan fingerprint density at radius 3 is 1.48 bits per heavy atom. The summed E-state index contributed by atoms with van der Waals surface area (Å²) in [5.41, 5.74) is 0. The van der Waals surface area contributed by atoms with Crippen molar-refractivity contribution in [1.29, 1.82) is 0 Å². The first-order valence-electron chi connectivity index (χ1n) is 23.4. The van der Waals surface area contributed by atoms with Crippen LogP contribution in [0, 0.1) is 0 Å². The van der Waals surface area contributed by atoms with Gasteiger partial charge in [-0.1, -0.05) is 122 Å². The van der Waals surface area contributed by atoms with E-state index in [-0.39, 0.29) is 18.9 Å². The van der Waals surface area contributed by atoms with Crippen molar-refractivity contribution in [2.24, 2.45) is 0 Å². The highest BCUT2D eigenvalue weighted by molar-refractivity contribution is 5.76. The van der Waals surface area contributed by atoms with E-state index in [0.717, 1.165) is 32.1 Å². The van der Waals surface area contributed by atoms with Crippen LogP contribution < -0.4 is 5.32 Å². The zero-order valence-electron chi connectivity index (χ0n) is 37.3. The van der Waals surface area contributed by atoms with Crippen LogP contribution in [0.3, 0.4) is 0 Å². The number of hydrogen-bond acceptors (Lipinski definition) is 18. The number of hydrogen-bond donors (Lipinski definition) is 12. The zero-order chi connectivity index (χ0) is 46.3. The number of aliphatic hydroxyl groups is 11. The molecule has 0 bridgehead atoms. The standard InChI is InChI=1S/C44H81NO18/c1-3-5-7-9-10-11-12-13-14-15-16-17-18-20-22-32(50)45-27(28(49)21-19-8-6-4-2)26-58-42-38(56)35(53)40(30(24-47)60-42)63-44-39(57)36(54)41(31(25-48)61-44)62-43-37(55)34(52)33(51)29(23-46)59-43/h19,21,27-31,33-44,46-49,51-57H,3-18,20,22-26H2,1-2H3,(H,45,50)/b21-19+. The number of allylic oxidation sites excluding steroid dienone is 1. The van der Waals surface area contributed by atoms with Crippen LogP contribution in [0.4, 0.5) is 0 Å². The number of amides is 1. The van der Waals surface area contributed by atoms with Crippen LogP contribution in [-0.2, 0) is 33.2 Å². The summed E-state index contributed by atoms with van der Waals surface area (Å²) < 4.78 is 33.9. The topological polar surface area (TPSA) is 307 Å². The van der Waals surface area contributed by atoms with Crippen molar-refractivity contribution in [2.45, 2.75) is 234 Å². The van der Waals surface area contributed by atoms with Crippen molar-refractivity contribution in [3.05, 3.63) is 12.2 Å². The van der Waals surface area contributed by atoms with Gasteiger partial charge in [0, 0.05) is 6.42 Å². The Hall–Kier alpha value is -1.47. The Labute approximate surface area is 372 Å². The lowest BCUT2D eigenvalue weighted by atomic mass is 9.96. The van der Waals surface area contributed by atoms with Gasteiger partial charge >= 0.3 is 0 Å². The second-order valence-electron chi connectivity index (χ2n) is 17.2. The van der Waals surface area contributed by atoms with E-state index >= 15 is 0 Å². The number of carbonyl (C=O) groups excluding carboxylic acids is 1. The number of carbonyl (C=O) groups is 1. The van der Waals surface area contributed by atoms with Gasteiger partial charge in [-0.25, -0.2) is 0 Å². The third-order valence-electron chi connectivity index (χ3n) is 12.1. The van der Waals surface area contributed by atoms with Crippen LogP contribution in [-0.4, -0.2) is 193 Å². The lowest BCUT2D eigenvalue weighted by Gasteiger charge is -2.48. The van der Waals surface area contributed by atoms with Gasteiger partial charge in [0.1, 0.15) is 73.2 Å². The van der Waals surface area contributed by atoms with Gasteiger partial charge in [0.25, 0.3) is 0 Å². The van der Waals surface area contributed by atoms with Crippen molar-refractivity contribution >= 4 is 5.91 Å². The smallest absolute Gasteiger partial charge is 0.220 e. The Bertz CT molecular complexity index is 1230. The van der Waals surface area contributed by atoms with Gasteiger partial charge in [0.2, 0.25) is 5.91 Å². The maximum atomic E-state index is 13.0. The average molecular weight is 912 g/mol. The van der Waals surface area contributed by atoms with E-state index in [1.165, 1.54) is 64.2 Å². The monoisotopic (exact) mass is 912 g/mol. The molecule has 63 heavy (non-hydrogen) atoms. The highest BCUT2D eigenvalue weighted by Crippen LogP contribution is 2.33. The summed E-state index contributed by atoms with van der Waals surface area (Å²) in [5, 5.41) is 119. The molecule has 0 radical (unpaired) electrons. The number of ether oxygens (including phenoxy) is 6. The van der Waals surface area contributed by atoms with Gasteiger partial charge in [-0.2, -0.15) is 0 Å². The van der Waals surface area contributed by atoms with E-state index in [4.69, 9.17) is 28.4 Å². The van der Waals surface area contributed by atoms with Crippen molar-refractivity contribution < 1.29 is 89.4 Å². The first kappa shape index (κ1) is 55.9. The highest BCUT2D eigenvalue weighted by atomic mass is 16.8. The molecule has 370 valence electrons. The summed E-state index contributed by atoms with van der Waals surface area (Å²) in [4.78, 5) is 13.0. The van der Waals surface area contributed by atoms with Crippen LogP contribution in [0.25, 0.3) is 0 Å². The Kier molecular flexibility index (Phi) is 27.3. The first-order chi connectivity index (χ1) is 30.3. The normalized spacial score (nSPS) is 34.9. The van der Waals surface area contributed by atoms with E-state index in [1.54, 1.807) is 6.08 Å². The minimum Gasteiger partial charge on any atom is -0.394 e. The quantitative estimate of drug-likeness (QED) is 0.0320. The van der Waals surface area contributed by atoms with Gasteiger partial charge in [-0.3, -0.25) is 4.79 Å². The van der Waals surface area contributed by atoms with Crippen molar-refractivity contribution in [2.75, 3.05) is 26.4 Å². The first-order valence-corrected chi connectivity index (χ1v) is 23.4. The molecule has 0 aliphatic carbocycles. The SMILES string of the molecule is CCCC/C=C/C(O)C(COC1OC(CO)C(OC2OC(CO)C(OC3OC(CO)C(O)C(O)C3O)C(O)C2O)C(O)C1O)NC(=O)CCCCCCCCCCCCCCCC. The van der Waals surface area contributed by atoms with Crippen molar-refractivity contribution in [1.82, 2.24) is 5.32 Å². The third-order valence-corrected chi connectivity index (χ3v) is 12.1. The lowest BCUT2D eigenvalue weighted by molar-refractivity contribution is -0.379. The van der Waals surface area contributed by atoms with Crippen molar-refractivity contribution in [3.8, 4) is 0 Å². The second kappa shape index (κ2) is 30.7. The Balaban J connectivity index is 1.52. The Morgan fingerprint density at radius 1 is 0.556 bits per heavy atom. The highest BCUT2D eigenvalue weighted by Gasteiger charge is 2.53. The number of nitrogens with one attached hydrogen (secondary N) is 1. The molecule has 3 saturated heterocycles. The van der Waals surface area contributed by atoms with Gasteiger partial charge in [0.15, 0.2) is 18.9 Å². The molecule has 12 N–H and O–H groups in total. The molecule has 3 heterocycles. The van der Waals surface area contributed by atoms with E-state index < -0.39 is 124 Å². The predicted molar refractivity (Wildman–Crippen MR) is 227 cm³/mol. The summed E-state index contributed by atoms with van der Waals surface area (Å²) in [6, 6.07) is -0.961. The molecule has 1 amide bonds. The van der Waals surface area contributed by atoms with Crippen LogP contribution in [0.1, 0.15) is 129 Å². The molecule has 0 aromatic heterocycles. The van der Waals surface area contributed by atoms with Gasteiger partial charge in [0.05, 0.1) is 38.6 Å². The second-order valence-corrected chi connectivity index (χ2v) is 17.2. The van der Waals surface area contributed by atoms with Gasteiger partial charge < -0.3 is 89.9 Å². The fourth-order valence-corrected chi connectivity index (χ4v) is 8.06. The molecule has 19 nitrogen and oxygen atoms in total. The van der Waals surface area contributed by atoms with Crippen LogP contribution in [0.15, 0.2) is 12.2 Å². The summed E-state index contributed by atoms with van der Waals surface area (Å²) in [6.07, 6.45) is -3.95. The van der Waals surface area contributed by atoms with E-state index in [2.05, 4.69) is 12.2 Å². The van der Waals surface area contributed by atoms with Crippen LogP contribution >= 0.6 is 0 Å². The largest absolute Gasteiger partial charge is 0.394 e. The fraction of sp³-hybridized carbons (Fsp3) is 0.932. The van der Waals surface area contributed by atoms with E-state index in [0.29, 0.717) is 12.8 Å². The van der Waals surface area contributed by atoms with Gasteiger partial charge in [-0.05, 0) is 12.8 Å². The molecule has 19 heteroatoms. The number of unbranched alkanes of at least 4 members (excludes halogenated alkanes) is 15. The summed E-state index contributed by atoms with van der Waals surface area (Å²) in [7, 11) is 0. The van der Waals surface area contributed by atoms with Crippen LogP contribution in [0.5, 0.6) is 0 Å². The lowest BCUT2D eigenvalue weighted by Crippen LogP contribution is -2.66. The molecule has 0 aromatic rings. The van der Waals surface area contributed by atoms with Crippen molar-refractivity contribution in [3.63, 3.8) is 0 Å². The van der Waals surface area contributed by atoms with E-state index in [1.807, 2.05) is 13.0 Å². The molecule has 3 fully saturated rings. The minimum absolute atomic E-state index is 0.245. The molecule has 0 aromatic carbocycles.